The van der Waals surface area contributed by atoms with E-state index in [0.717, 1.165) is 56.3 Å². The summed E-state index contributed by atoms with van der Waals surface area (Å²) in [5, 5.41) is 7.58. The van der Waals surface area contributed by atoms with Crippen LogP contribution in [0.5, 0.6) is 0 Å². The second-order valence-corrected chi connectivity index (χ2v) is 7.71. The molecule has 1 atom stereocenters. The van der Waals surface area contributed by atoms with Crippen LogP contribution in [0.2, 0.25) is 0 Å². The fraction of sp³-hybridized carbons (Fsp3) is 0.750. The average Bonchev–Trinajstić information content (AvgIpc) is 2.99. The van der Waals surface area contributed by atoms with Crippen LogP contribution in [-0.2, 0) is 27.4 Å². The quantitative estimate of drug-likeness (QED) is 0.740. The Balaban J connectivity index is 1.50. The van der Waals surface area contributed by atoms with Gasteiger partial charge in [-0.3, -0.25) is 19.2 Å². The van der Waals surface area contributed by atoms with E-state index in [2.05, 4.69) is 22.2 Å². The van der Waals surface area contributed by atoms with Crippen molar-refractivity contribution in [2.24, 2.45) is 5.92 Å². The Labute approximate surface area is 167 Å². The lowest BCUT2D eigenvalue weighted by atomic mass is 9.96. The maximum Gasteiger partial charge on any atom is 0.225 e. The minimum absolute atomic E-state index is 0.0342. The summed E-state index contributed by atoms with van der Waals surface area (Å²) >= 11 is 0. The SMILES string of the molecule is CCn1nc(C)c(CNC(=O)[C@H]2CCC(=O)N(CCN3CCOCC3)C2)c1C. The molecular weight excluding hydrogens is 358 g/mol. The van der Waals surface area contributed by atoms with Gasteiger partial charge in [-0.25, -0.2) is 0 Å². The molecule has 1 N–H and O–H groups in total. The monoisotopic (exact) mass is 391 g/mol. The van der Waals surface area contributed by atoms with Gasteiger partial charge in [0.15, 0.2) is 0 Å². The van der Waals surface area contributed by atoms with E-state index in [0.29, 0.717) is 32.5 Å². The summed E-state index contributed by atoms with van der Waals surface area (Å²) in [6, 6.07) is 0. The van der Waals surface area contributed by atoms with Crippen molar-refractivity contribution in [3.8, 4) is 0 Å². The second-order valence-electron chi connectivity index (χ2n) is 7.71. The van der Waals surface area contributed by atoms with E-state index in [-0.39, 0.29) is 17.7 Å². The molecule has 0 unspecified atom stereocenters. The number of morpholine rings is 1. The number of amides is 2. The van der Waals surface area contributed by atoms with Crippen molar-refractivity contribution in [1.82, 2.24) is 24.9 Å². The van der Waals surface area contributed by atoms with Gasteiger partial charge in [0.1, 0.15) is 0 Å². The number of aryl methyl sites for hydroxylation is 2. The molecule has 0 spiro atoms. The van der Waals surface area contributed by atoms with E-state index in [1.54, 1.807) is 0 Å². The molecule has 2 amide bonds. The zero-order valence-electron chi connectivity index (χ0n) is 17.4. The molecule has 0 saturated carbocycles. The number of likely N-dealkylation sites (tertiary alicyclic amines) is 1. The lowest BCUT2D eigenvalue weighted by molar-refractivity contribution is -0.138. The third-order valence-corrected chi connectivity index (χ3v) is 5.93. The molecule has 0 aliphatic carbocycles. The van der Waals surface area contributed by atoms with Gasteiger partial charge in [0.05, 0.1) is 24.8 Å². The van der Waals surface area contributed by atoms with Gasteiger partial charge in [-0.2, -0.15) is 5.10 Å². The van der Waals surface area contributed by atoms with Gasteiger partial charge in [-0.15, -0.1) is 0 Å². The molecule has 3 heterocycles. The van der Waals surface area contributed by atoms with Crippen molar-refractivity contribution >= 4 is 11.8 Å². The molecule has 156 valence electrons. The first-order valence-corrected chi connectivity index (χ1v) is 10.4. The molecule has 2 fully saturated rings. The number of carbonyl (C=O) groups is 2. The number of ether oxygens (including phenoxy) is 1. The van der Waals surface area contributed by atoms with E-state index in [1.807, 2.05) is 23.4 Å². The maximum atomic E-state index is 12.7. The number of aromatic nitrogens is 2. The number of rotatable bonds is 7. The summed E-state index contributed by atoms with van der Waals surface area (Å²) in [4.78, 5) is 29.2. The van der Waals surface area contributed by atoms with Crippen molar-refractivity contribution in [2.75, 3.05) is 45.9 Å². The summed E-state index contributed by atoms with van der Waals surface area (Å²) < 4.78 is 7.33. The Morgan fingerprint density at radius 1 is 1.25 bits per heavy atom. The van der Waals surface area contributed by atoms with Crippen LogP contribution >= 0.6 is 0 Å². The molecule has 28 heavy (non-hydrogen) atoms. The van der Waals surface area contributed by atoms with Crippen LogP contribution in [0, 0.1) is 19.8 Å². The van der Waals surface area contributed by atoms with Crippen molar-refractivity contribution in [3.63, 3.8) is 0 Å². The van der Waals surface area contributed by atoms with Crippen LogP contribution in [0.25, 0.3) is 0 Å². The molecule has 3 rings (SSSR count). The number of nitrogens with one attached hydrogen (secondary N) is 1. The van der Waals surface area contributed by atoms with Crippen LogP contribution in [0.3, 0.4) is 0 Å². The minimum Gasteiger partial charge on any atom is -0.379 e. The first kappa shape index (κ1) is 20.8. The van der Waals surface area contributed by atoms with E-state index in [1.165, 1.54) is 0 Å². The highest BCUT2D eigenvalue weighted by Crippen LogP contribution is 2.19. The smallest absolute Gasteiger partial charge is 0.225 e. The predicted octanol–water partition coefficient (Wildman–Crippen LogP) is 0.707. The van der Waals surface area contributed by atoms with Gasteiger partial charge in [-0.05, 0) is 27.2 Å². The zero-order valence-corrected chi connectivity index (χ0v) is 17.4. The van der Waals surface area contributed by atoms with Crippen molar-refractivity contribution in [3.05, 3.63) is 17.0 Å². The molecule has 1 aromatic heterocycles. The molecule has 0 bridgehead atoms. The third kappa shape index (κ3) is 4.91. The molecule has 0 aromatic carbocycles. The molecule has 2 aliphatic heterocycles. The van der Waals surface area contributed by atoms with Crippen LogP contribution < -0.4 is 5.32 Å². The van der Waals surface area contributed by atoms with Crippen LogP contribution in [0.1, 0.15) is 36.7 Å². The molecule has 2 saturated heterocycles. The predicted molar refractivity (Wildman–Crippen MR) is 106 cm³/mol. The van der Waals surface area contributed by atoms with E-state index >= 15 is 0 Å². The van der Waals surface area contributed by atoms with Gasteiger partial charge >= 0.3 is 0 Å². The molecule has 8 nitrogen and oxygen atoms in total. The summed E-state index contributed by atoms with van der Waals surface area (Å²) in [7, 11) is 0. The Bertz CT molecular complexity index is 696. The Kier molecular flexibility index (Phi) is 7.07. The lowest BCUT2D eigenvalue weighted by Gasteiger charge is -2.34. The Morgan fingerprint density at radius 3 is 2.68 bits per heavy atom. The van der Waals surface area contributed by atoms with Crippen LogP contribution in [0.15, 0.2) is 0 Å². The fourth-order valence-corrected chi connectivity index (χ4v) is 4.05. The van der Waals surface area contributed by atoms with E-state index < -0.39 is 0 Å². The molecule has 2 aliphatic rings. The third-order valence-electron chi connectivity index (χ3n) is 5.93. The zero-order chi connectivity index (χ0) is 20.1. The average molecular weight is 392 g/mol. The van der Waals surface area contributed by atoms with Crippen molar-refractivity contribution < 1.29 is 14.3 Å². The topological polar surface area (TPSA) is 79.7 Å². The molecule has 8 heteroatoms. The molecule has 1 aromatic rings. The number of carbonyl (C=O) groups excluding carboxylic acids is 2. The maximum absolute atomic E-state index is 12.7. The summed E-state index contributed by atoms with van der Waals surface area (Å²) in [5.41, 5.74) is 3.16. The lowest BCUT2D eigenvalue weighted by Crippen LogP contribution is -2.49. The number of hydrogen-bond donors (Lipinski definition) is 1. The Hall–Kier alpha value is -1.93. The number of hydrogen-bond acceptors (Lipinski definition) is 5. The Morgan fingerprint density at radius 2 is 2.00 bits per heavy atom. The van der Waals surface area contributed by atoms with Gasteiger partial charge in [-0.1, -0.05) is 0 Å². The fourth-order valence-electron chi connectivity index (χ4n) is 4.05. The highest BCUT2D eigenvalue weighted by atomic mass is 16.5. The first-order valence-electron chi connectivity index (χ1n) is 10.4. The van der Waals surface area contributed by atoms with Gasteiger partial charge in [0.25, 0.3) is 0 Å². The second kappa shape index (κ2) is 9.52. The first-order chi connectivity index (χ1) is 13.5. The van der Waals surface area contributed by atoms with Gasteiger partial charge in [0.2, 0.25) is 11.8 Å². The minimum atomic E-state index is -0.135. The highest BCUT2D eigenvalue weighted by molar-refractivity contribution is 5.83. The highest BCUT2D eigenvalue weighted by Gasteiger charge is 2.30. The van der Waals surface area contributed by atoms with Crippen molar-refractivity contribution in [2.45, 2.75) is 46.7 Å². The van der Waals surface area contributed by atoms with Crippen molar-refractivity contribution in [1.29, 1.82) is 0 Å². The number of nitrogens with zero attached hydrogens (tertiary/aromatic N) is 4. The van der Waals surface area contributed by atoms with Gasteiger partial charge in [0, 0.05) is 63.5 Å². The summed E-state index contributed by atoms with van der Waals surface area (Å²) in [6.45, 7) is 12.8. The van der Waals surface area contributed by atoms with Crippen LogP contribution in [-0.4, -0.2) is 77.3 Å². The normalized spacial score (nSPS) is 21.2. The molecular formula is C20H33N5O3. The van der Waals surface area contributed by atoms with Gasteiger partial charge < -0.3 is 15.0 Å². The largest absolute Gasteiger partial charge is 0.379 e. The number of piperidine rings is 1. The standard InChI is InChI=1S/C20H33N5O3/c1-4-25-16(3)18(15(2)22-25)13-21-20(27)17-5-6-19(26)24(14-17)8-7-23-9-11-28-12-10-23/h17H,4-14H2,1-3H3,(H,21,27)/t17-/m0/s1. The molecule has 0 radical (unpaired) electrons. The van der Waals surface area contributed by atoms with E-state index in [9.17, 15) is 9.59 Å². The summed E-state index contributed by atoms with van der Waals surface area (Å²) in [6.07, 6.45) is 1.08. The van der Waals surface area contributed by atoms with E-state index in [4.69, 9.17) is 4.74 Å². The summed E-state index contributed by atoms with van der Waals surface area (Å²) in [5.74, 6) is 0.0596. The van der Waals surface area contributed by atoms with Crippen LogP contribution in [0.4, 0.5) is 0 Å².